The van der Waals surface area contributed by atoms with Crippen molar-refractivity contribution >= 4 is 22.6 Å². The van der Waals surface area contributed by atoms with Gasteiger partial charge in [-0.1, -0.05) is 13.3 Å². The summed E-state index contributed by atoms with van der Waals surface area (Å²) in [5.41, 5.74) is 4.53. The van der Waals surface area contributed by atoms with Crippen LogP contribution in [0.3, 0.4) is 0 Å². The summed E-state index contributed by atoms with van der Waals surface area (Å²) in [5, 5.41) is 1.22. The number of aromatic nitrogens is 3. The third-order valence-electron chi connectivity index (χ3n) is 7.06. The van der Waals surface area contributed by atoms with E-state index in [2.05, 4.69) is 36.0 Å². The second-order valence-corrected chi connectivity index (χ2v) is 9.22. The molecule has 0 bridgehead atoms. The number of nitrogens with one attached hydrogen (secondary N) is 1. The third kappa shape index (κ3) is 4.10. The summed E-state index contributed by atoms with van der Waals surface area (Å²) in [6, 6.07) is 6.35. The number of likely N-dealkylation sites (tertiary alicyclic amines) is 1. The van der Waals surface area contributed by atoms with Crippen LogP contribution in [0.4, 0.5) is 5.82 Å². The molecule has 0 unspecified atom stereocenters. The Morgan fingerprint density at radius 2 is 2.09 bits per heavy atom. The van der Waals surface area contributed by atoms with Crippen molar-refractivity contribution in [3.05, 3.63) is 47.0 Å². The summed E-state index contributed by atoms with van der Waals surface area (Å²) in [5.74, 6) is 2.75. The van der Waals surface area contributed by atoms with Crippen molar-refractivity contribution in [2.45, 2.75) is 65.0 Å². The monoisotopic (exact) mass is 447 g/mol. The van der Waals surface area contributed by atoms with Crippen LogP contribution < -0.4 is 9.64 Å². The molecule has 2 aliphatic heterocycles. The lowest BCUT2D eigenvalue weighted by molar-refractivity contribution is -0.119. The van der Waals surface area contributed by atoms with E-state index in [0.717, 1.165) is 73.1 Å². The average molecular weight is 448 g/mol. The highest BCUT2D eigenvalue weighted by atomic mass is 16.5. The maximum absolute atomic E-state index is 12.6. The molecule has 7 nitrogen and oxygen atoms in total. The molecular weight excluding hydrogens is 414 g/mol. The number of benzene rings is 1. The van der Waals surface area contributed by atoms with E-state index in [1.165, 1.54) is 23.8 Å². The van der Waals surface area contributed by atoms with Gasteiger partial charge in [-0.25, -0.2) is 9.97 Å². The van der Waals surface area contributed by atoms with Gasteiger partial charge in [0.05, 0.1) is 13.2 Å². The number of piperidine rings is 1. The Bertz CT molecular complexity index is 1170. The van der Waals surface area contributed by atoms with Crippen LogP contribution >= 0.6 is 0 Å². The number of H-pyrrole nitrogens is 1. The lowest BCUT2D eigenvalue weighted by atomic mass is 9.98. The number of methoxy groups -OCH3 is 1. The van der Waals surface area contributed by atoms with Gasteiger partial charge in [-0.2, -0.15) is 0 Å². The van der Waals surface area contributed by atoms with Gasteiger partial charge in [0.2, 0.25) is 5.91 Å². The molecule has 0 spiro atoms. The predicted molar refractivity (Wildman–Crippen MR) is 130 cm³/mol. The van der Waals surface area contributed by atoms with Gasteiger partial charge < -0.3 is 9.72 Å². The Hall–Kier alpha value is -2.93. The Labute approximate surface area is 195 Å². The standard InChI is InChI=1S/C26H33N5O2/c1-4-12-31-24(32)11-10-20-17(2)28-25(29-26(20)31)23-7-5-6-13-30(23)16-18-15-27-22-14-19(33-3)8-9-21(18)22/h8-9,14-15,23,27H,4-7,10-13,16H2,1-3H3/t23-/m1/s1. The summed E-state index contributed by atoms with van der Waals surface area (Å²) in [6.45, 7) is 6.76. The molecule has 1 N–H and O–H groups in total. The first kappa shape index (κ1) is 21.9. The minimum atomic E-state index is 0.159. The van der Waals surface area contributed by atoms with E-state index in [9.17, 15) is 4.79 Å². The summed E-state index contributed by atoms with van der Waals surface area (Å²) >= 11 is 0. The molecular formula is C26H33N5O2. The highest BCUT2D eigenvalue weighted by Crippen LogP contribution is 2.35. The molecule has 1 amide bonds. The number of aromatic amines is 1. The van der Waals surface area contributed by atoms with E-state index in [1.54, 1.807) is 7.11 Å². The van der Waals surface area contributed by atoms with Gasteiger partial charge in [0.25, 0.3) is 0 Å². The molecule has 2 aromatic heterocycles. The van der Waals surface area contributed by atoms with Gasteiger partial charge in [-0.3, -0.25) is 14.6 Å². The topological polar surface area (TPSA) is 74.4 Å². The zero-order valence-electron chi connectivity index (χ0n) is 19.9. The lowest BCUT2D eigenvalue weighted by Crippen LogP contribution is -2.39. The maximum Gasteiger partial charge on any atom is 0.228 e. The normalized spacial score (nSPS) is 19.2. The summed E-state index contributed by atoms with van der Waals surface area (Å²) in [6.07, 6.45) is 7.71. The molecule has 0 saturated carbocycles. The minimum Gasteiger partial charge on any atom is -0.497 e. The van der Waals surface area contributed by atoms with Gasteiger partial charge in [0, 0.05) is 53.9 Å². The molecule has 33 heavy (non-hydrogen) atoms. The van der Waals surface area contributed by atoms with E-state index >= 15 is 0 Å². The van der Waals surface area contributed by atoms with Gasteiger partial charge in [-0.05, 0) is 56.8 Å². The van der Waals surface area contributed by atoms with Gasteiger partial charge in [0.15, 0.2) is 0 Å². The molecule has 1 fully saturated rings. The van der Waals surface area contributed by atoms with Crippen molar-refractivity contribution in [2.24, 2.45) is 0 Å². The number of anilines is 1. The van der Waals surface area contributed by atoms with E-state index in [0.29, 0.717) is 6.42 Å². The maximum atomic E-state index is 12.6. The Balaban J connectivity index is 1.47. The molecule has 0 aliphatic carbocycles. The number of amides is 1. The van der Waals surface area contributed by atoms with E-state index in [-0.39, 0.29) is 11.9 Å². The Kier molecular flexibility index (Phi) is 6.06. The van der Waals surface area contributed by atoms with Crippen LogP contribution in [0.5, 0.6) is 5.75 Å². The van der Waals surface area contributed by atoms with E-state index in [4.69, 9.17) is 14.7 Å². The highest BCUT2D eigenvalue weighted by Gasteiger charge is 2.32. The van der Waals surface area contributed by atoms with Crippen LogP contribution in [0.25, 0.3) is 10.9 Å². The van der Waals surface area contributed by atoms with E-state index in [1.807, 2.05) is 17.0 Å². The van der Waals surface area contributed by atoms with E-state index < -0.39 is 0 Å². The van der Waals surface area contributed by atoms with Crippen molar-refractivity contribution in [2.75, 3.05) is 25.1 Å². The Morgan fingerprint density at radius 1 is 1.21 bits per heavy atom. The first-order chi connectivity index (χ1) is 16.1. The fourth-order valence-corrected chi connectivity index (χ4v) is 5.32. The summed E-state index contributed by atoms with van der Waals surface area (Å²) in [7, 11) is 1.69. The van der Waals surface area contributed by atoms with Gasteiger partial charge in [-0.15, -0.1) is 0 Å². The first-order valence-electron chi connectivity index (χ1n) is 12.1. The molecule has 1 atom stereocenters. The molecule has 2 aliphatic rings. The highest BCUT2D eigenvalue weighted by molar-refractivity contribution is 5.95. The molecule has 7 heteroatoms. The average Bonchev–Trinajstić information content (AvgIpc) is 3.23. The number of nitrogens with zero attached hydrogens (tertiary/aromatic N) is 4. The summed E-state index contributed by atoms with van der Waals surface area (Å²) < 4.78 is 5.37. The fourth-order valence-electron chi connectivity index (χ4n) is 5.32. The van der Waals surface area contributed by atoms with Crippen molar-refractivity contribution in [1.82, 2.24) is 19.9 Å². The summed E-state index contributed by atoms with van der Waals surface area (Å²) in [4.78, 5) is 30.4. The third-order valence-corrected chi connectivity index (χ3v) is 7.06. The number of fused-ring (bicyclic) bond motifs is 2. The SMILES string of the molecule is CCCN1C(=O)CCc2c(C)nc([C@H]3CCCCN3Cc3c[nH]c4cc(OC)ccc34)nc21. The second kappa shape index (κ2) is 9.14. The number of hydrogen-bond donors (Lipinski definition) is 1. The van der Waals surface area contributed by atoms with Crippen molar-refractivity contribution < 1.29 is 9.53 Å². The number of hydrogen-bond acceptors (Lipinski definition) is 5. The minimum absolute atomic E-state index is 0.159. The van der Waals surface area contributed by atoms with Crippen LogP contribution in [0.2, 0.25) is 0 Å². The number of aryl methyl sites for hydroxylation is 1. The van der Waals surface area contributed by atoms with Gasteiger partial charge in [0.1, 0.15) is 17.4 Å². The van der Waals surface area contributed by atoms with Crippen molar-refractivity contribution in [3.8, 4) is 5.75 Å². The predicted octanol–water partition coefficient (Wildman–Crippen LogP) is 4.69. The van der Waals surface area contributed by atoms with Crippen LogP contribution in [0.1, 0.15) is 67.7 Å². The largest absolute Gasteiger partial charge is 0.497 e. The molecule has 1 aromatic carbocycles. The molecule has 3 aromatic rings. The molecule has 4 heterocycles. The molecule has 1 saturated heterocycles. The molecule has 5 rings (SSSR count). The molecule has 174 valence electrons. The van der Waals surface area contributed by atoms with Crippen molar-refractivity contribution in [1.29, 1.82) is 0 Å². The molecule has 0 radical (unpaired) electrons. The van der Waals surface area contributed by atoms with Crippen LogP contribution in [0, 0.1) is 6.92 Å². The van der Waals surface area contributed by atoms with Crippen LogP contribution in [-0.2, 0) is 17.8 Å². The first-order valence-corrected chi connectivity index (χ1v) is 12.1. The number of carbonyl (C=O) groups is 1. The fraction of sp³-hybridized carbons (Fsp3) is 0.500. The van der Waals surface area contributed by atoms with Gasteiger partial charge >= 0.3 is 0 Å². The quantitative estimate of drug-likeness (QED) is 0.593. The van der Waals surface area contributed by atoms with Crippen molar-refractivity contribution in [3.63, 3.8) is 0 Å². The van der Waals surface area contributed by atoms with Crippen LogP contribution in [-0.4, -0.2) is 46.0 Å². The Morgan fingerprint density at radius 3 is 2.91 bits per heavy atom. The number of carbonyl (C=O) groups excluding carboxylic acids is 1. The lowest BCUT2D eigenvalue weighted by Gasteiger charge is -2.36. The van der Waals surface area contributed by atoms with Crippen LogP contribution in [0.15, 0.2) is 24.4 Å². The second-order valence-electron chi connectivity index (χ2n) is 9.22. The zero-order valence-corrected chi connectivity index (χ0v) is 19.9. The zero-order chi connectivity index (χ0) is 22.9. The number of ether oxygens (including phenoxy) is 1. The number of rotatable bonds is 6. The smallest absolute Gasteiger partial charge is 0.228 e.